The van der Waals surface area contributed by atoms with E-state index in [1.165, 1.54) is 6.07 Å². The van der Waals surface area contributed by atoms with Gasteiger partial charge in [-0.3, -0.25) is 4.79 Å². The third-order valence-corrected chi connectivity index (χ3v) is 5.53. The van der Waals surface area contributed by atoms with E-state index in [9.17, 15) is 18.0 Å². The van der Waals surface area contributed by atoms with E-state index in [-0.39, 0.29) is 24.0 Å². The summed E-state index contributed by atoms with van der Waals surface area (Å²) in [5.41, 5.74) is 0.529. The summed E-state index contributed by atoms with van der Waals surface area (Å²) in [4.78, 5) is 26.6. The van der Waals surface area contributed by atoms with Gasteiger partial charge in [-0.25, -0.2) is 9.97 Å². The fourth-order valence-electron chi connectivity index (χ4n) is 3.50. The zero-order chi connectivity index (χ0) is 21.6. The molecule has 1 aliphatic carbocycles. The first-order valence-electron chi connectivity index (χ1n) is 9.60. The SMILES string of the molecule is Cc1nc(NC2CC(Nc3ccc(C(F)(F)F)cn3)C2)nc2c1NC(=O)[C@H](C)N2C. The summed E-state index contributed by atoms with van der Waals surface area (Å²) < 4.78 is 37.8. The predicted octanol–water partition coefficient (Wildman–Crippen LogP) is 3.03. The van der Waals surface area contributed by atoms with Gasteiger partial charge in [0, 0.05) is 25.3 Å². The summed E-state index contributed by atoms with van der Waals surface area (Å²) >= 11 is 0. The highest BCUT2D eigenvalue weighted by molar-refractivity contribution is 6.03. The molecule has 0 unspecified atom stereocenters. The van der Waals surface area contributed by atoms with E-state index in [1.807, 2.05) is 18.9 Å². The fourth-order valence-corrected chi connectivity index (χ4v) is 3.50. The molecule has 0 saturated heterocycles. The van der Waals surface area contributed by atoms with Crippen LogP contribution in [0.1, 0.15) is 31.0 Å². The molecule has 8 nitrogen and oxygen atoms in total. The van der Waals surface area contributed by atoms with E-state index < -0.39 is 11.7 Å². The predicted molar refractivity (Wildman–Crippen MR) is 107 cm³/mol. The number of hydrogen-bond donors (Lipinski definition) is 3. The average Bonchev–Trinajstić information content (AvgIpc) is 2.65. The van der Waals surface area contributed by atoms with Crippen molar-refractivity contribution in [2.24, 2.45) is 0 Å². The Morgan fingerprint density at radius 3 is 2.50 bits per heavy atom. The van der Waals surface area contributed by atoms with Crippen LogP contribution in [0, 0.1) is 6.92 Å². The molecule has 30 heavy (non-hydrogen) atoms. The lowest BCUT2D eigenvalue weighted by Gasteiger charge is -2.37. The summed E-state index contributed by atoms with van der Waals surface area (Å²) in [6, 6.07) is 2.27. The number of carbonyl (C=O) groups is 1. The van der Waals surface area contributed by atoms with Crippen molar-refractivity contribution in [3.8, 4) is 0 Å². The maximum absolute atomic E-state index is 12.6. The van der Waals surface area contributed by atoms with Crippen LogP contribution in [0.4, 0.5) is 36.4 Å². The van der Waals surface area contributed by atoms with E-state index >= 15 is 0 Å². The van der Waals surface area contributed by atoms with Gasteiger partial charge >= 0.3 is 6.18 Å². The fraction of sp³-hybridized carbons (Fsp3) is 0.474. The number of aromatic nitrogens is 3. The van der Waals surface area contributed by atoms with Crippen molar-refractivity contribution in [1.29, 1.82) is 0 Å². The quantitative estimate of drug-likeness (QED) is 0.699. The molecule has 1 fully saturated rings. The second-order valence-corrected chi connectivity index (χ2v) is 7.69. The molecule has 11 heteroatoms. The minimum Gasteiger partial charge on any atom is -0.367 e. The molecule has 2 aromatic heterocycles. The van der Waals surface area contributed by atoms with Crippen LogP contribution in [0.3, 0.4) is 0 Å². The molecule has 2 aromatic rings. The Labute approximate surface area is 171 Å². The van der Waals surface area contributed by atoms with E-state index in [1.54, 1.807) is 6.92 Å². The second-order valence-electron chi connectivity index (χ2n) is 7.69. The summed E-state index contributed by atoms with van der Waals surface area (Å²) in [5, 5.41) is 9.27. The van der Waals surface area contributed by atoms with E-state index in [0.717, 1.165) is 25.1 Å². The third-order valence-electron chi connectivity index (χ3n) is 5.53. The Morgan fingerprint density at radius 2 is 1.87 bits per heavy atom. The van der Waals surface area contributed by atoms with Gasteiger partial charge < -0.3 is 20.9 Å². The van der Waals surface area contributed by atoms with Crippen LogP contribution in [0.25, 0.3) is 0 Å². The van der Waals surface area contributed by atoms with Gasteiger partial charge in [-0.05, 0) is 38.8 Å². The molecule has 1 aliphatic heterocycles. The van der Waals surface area contributed by atoms with Crippen molar-refractivity contribution in [1.82, 2.24) is 15.0 Å². The lowest BCUT2D eigenvalue weighted by atomic mass is 9.87. The zero-order valence-electron chi connectivity index (χ0n) is 16.7. The number of amides is 1. The highest BCUT2D eigenvalue weighted by Gasteiger charge is 2.34. The summed E-state index contributed by atoms with van der Waals surface area (Å²) in [7, 11) is 1.82. The molecule has 3 heterocycles. The monoisotopic (exact) mass is 421 g/mol. The number of alkyl halides is 3. The molecule has 4 rings (SSSR count). The summed E-state index contributed by atoms with van der Waals surface area (Å²) in [5.74, 6) is 1.47. The highest BCUT2D eigenvalue weighted by Crippen LogP contribution is 2.34. The van der Waals surface area contributed by atoms with Gasteiger partial charge in [0.2, 0.25) is 11.9 Å². The molecular weight excluding hydrogens is 399 g/mol. The molecule has 0 bridgehead atoms. The van der Waals surface area contributed by atoms with Crippen LogP contribution in [-0.2, 0) is 11.0 Å². The first-order chi connectivity index (χ1) is 14.1. The average molecular weight is 421 g/mol. The first kappa shape index (κ1) is 20.2. The molecule has 1 saturated carbocycles. The van der Waals surface area contributed by atoms with E-state index in [4.69, 9.17) is 0 Å². The van der Waals surface area contributed by atoms with E-state index in [0.29, 0.717) is 29.0 Å². The topological polar surface area (TPSA) is 95.1 Å². The van der Waals surface area contributed by atoms with Crippen LogP contribution in [-0.4, -0.2) is 46.0 Å². The number of nitrogens with one attached hydrogen (secondary N) is 3. The zero-order valence-corrected chi connectivity index (χ0v) is 16.7. The minimum absolute atomic E-state index is 0.0952. The molecule has 0 aromatic carbocycles. The molecule has 1 amide bonds. The Hall–Kier alpha value is -3.11. The van der Waals surface area contributed by atoms with Crippen LogP contribution < -0.4 is 20.9 Å². The van der Waals surface area contributed by atoms with Crippen molar-refractivity contribution in [3.63, 3.8) is 0 Å². The number of nitrogens with zero attached hydrogens (tertiary/aromatic N) is 4. The smallest absolute Gasteiger partial charge is 0.367 e. The lowest BCUT2D eigenvalue weighted by Crippen LogP contribution is -2.46. The molecule has 160 valence electrons. The Kier molecular flexibility index (Phi) is 4.91. The first-order valence-corrected chi connectivity index (χ1v) is 9.60. The molecule has 0 radical (unpaired) electrons. The number of likely N-dealkylation sites (N-methyl/N-ethyl adjacent to an activating group) is 1. The van der Waals surface area contributed by atoms with Gasteiger partial charge in [0.05, 0.1) is 11.3 Å². The second kappa shape index (κ2) is 7.29. The number of aryl methyl sites for hydroxylation is 1. The van der Waals surface area contributed by atoms with Gasteiger partial charge in [0.15, 0.2) is 5.82 Å². The third kappa shape index (κ3) is 3.83. The van der Waals surface area contributed by atoms with Crippen molar-refractivity contribution < 1.29 is 18.0 Å². The standard InChI is InChI=1S/C19H22F3N7O/c1-9-15-16(29(3)10(2)17(30)27-15)28-18(24-9)26-13-6-12(7-13)25-14-5-4-11(8-23-14)19(20,21)22/h4-5,8,10,12-13H,6-7H2,1-3H3,(H,23,25)(H,27,30)(H,24,26,28)/t10-,12?,13?/m0/s1. The maximum atomic E-state index is 12.6. The van der Waals surface area contributed by atoms with Crippen LogP contribution in [0.5, 0.6) is 0 Å². The molecule has 3 N–H and O–H groups in total. The highest BCUT2D eigenvalue weighted by atomic mass is 19.4. The molecule has 2 aliphatic rings. The Bertz CT molecular complexity index is 958. The van der Waals surface area contributed by atoms with Gasteiger partial charge in [-0.2, -0.15) is 18.2 Å². The van der Waals surface area contributed by atoms with Crippen molar-refractivity contribution >= 4 is 29.2 Å². The molecular formula is C19H22F3N7O. The minimum atomic E-state index is -4.39. The Morgan fingerprint density at radius 1 is 1.17 bits per heavy atom. The number of carbonyl (C=O) groups excluding carboxylic acids is 1. The van der Waals surface area contributed by atoms with Gasteiger partial charge in [0.25, 0.3) is 0 Å². The van der Waals surface area contributed by atoms with Crippen molar-refractivity contribution in [3.05, 3.63) is 29.6 Å². The normalized spacial score (nSPS) is 23.3. The lowest BCUT2D eigenvalue weighted by molar-refractivity contribution is -0.137. The summed E-state index contributed by atoms with van der Waals surface area (Å²) in [6.07, 6.45) is -2.05. The molecule has 0 spiro atoms. The number of pyridine rings is 1. The van der Waals surface area contributed by atoms with Crippen molar-refractivity contribution in [2.45, 2.75) is 51.0 Å². The number of hydrogen-bond acceptors (Lipinski definition) is 7. The van der Waals surface area contributed by atoms with Crippen molar-refractivity contribution in [2.75, 3.05) is 27.9 Å². The molecule has 1 atom stereocenters. The maximum Gasteiger partial charge on any atom is 0.417 e. The van der Waals surface area contributed by atoms with Gasteiger partial charge in [-0.1, -0.05) is 0 Å². The summed E-state index contributed by atoms with van der Waals surface area (Å²) in [6.45, 7) is 3.62. The largest absolute Gasteiger partial charge is 0.417 e. The number of anilines is 4. The van der Waals surface area contributed by atoms with Crippen LogP contribution in [0.15, 0.2) is 18.3 Å². The van der Waals surface area contributed by atoms with Crippen LogP contribution in [0.2, 0.25) is 0 Å². The Balaban J connectivity index is 1.35. The number of rotatable bonds is 4. The van der Waals surface area contributed by atoms with Gasteiger partial charge in [-0.15, -0.1) is 0 Å². The van der Waals surface area contributed by atoms with Crippen LogP contribution >= 0.6 is 0 Å². The number of fused-ring (bicyclic) bond motifs is 1. The number of halogens is 3. The van der Waals surface area contributed by atoms with Gasteiger partial charge in [0.1, 0.15) is 17.5 Å². The van der Waals surface area contributed by atoms with E-state index in [2.05, 4.69) is 30.9 Å².